The SMILES string of the molecule is CCSC(=O)n1ncc2cc(Cl)ccc21. The number of hydrogen-bond acceptors (Lipinski definition) is 3. The van der Waals surface area contributed by atoms with Crippen LogP contribution in [-0.4, -0.2) is 20.8 Å². The lowest BCUT2D eigenvalue weighted by Gasteiger charge is -1.99. The topological polar surface area (TPSA) is 34.9 Å². The zero-order valence-electron chi connectivity index (χ0n) is 8.11. The molecule has 0 saturated heterocycles. The Kier molecular flexibility index (Phi) is 2.98. The molecule has 1 aromatic carbocycles. The molecule has 0 atom stereocenters. The first-order chi connectivity index (χ1) is 7.22. The van der Waals surface area contributed by atoms with Gasteiger partial charge in [0.2, 0.25) is 0 Å². The van der Waals surface area contributed by atoms with Crippen LogP contribution in [-0.2, 0) is 0 Å². The quantitative estimate of drug-likeness (QED) is 0.766. The Morgan fingerprint density at radius 2 is 2.40 bits per heavy atom. The van der Waals surface area contributed by atoms with Crippen molar-refractivity contribution in [2.45, 2.75) is 6.92 Å². The molecule has 0 aliphatic heterocycles. The van der Waals surface area contributed by atoms with E-state index < -0.39 is 0 Å². The van der Waals surface area contributed by atoms with E-state index in [1.54, 1.807) is 24.4 Å². The van der Waals surface area contributed by atoms with Crippen LogP contribution in [0.15, 0.2) is 24.4 Å². The predicted octanol–water partition coefficient (Wildman–Crippen LogP) is 3.41. The third-order valence-electron chi connectivity index (χ3n) is 1.97. The zero-order valence-corrected chi connectivity index (χ0v) is 9.68. The van der Waals surface area contributed by atoms with Crippen molar-refractivity contribution >= 4 is 39.5 Å². The molecule has 1 aromatic heterocycles. The molecule has 0 fully saturated rings. The average molecular weight is 241 g/mol. The Balaban J connectivity index is 2.49. The van der Waals surface area contributed by atoms with Gasteiger partial charge in [0.25, 0.3) is 0 Å². The summed E-state index contributed by atoms with van der Waals surface area (Å²) < 4.78 is 1.40. The van der Waals surface area contributed by atoms with E-state index in [1.165, 1.54) is 16.4 Å². The summed E-state index contributed by atoms with van der Waals surface area (Å²) in [6.07, 6.45) is 1.65. The fraction of sp³-hybridized carbons (Fsp3) is 0.200. The van der Waals surface area contributed by atoms with Gasteiger partial charge in [-0.2, -0.15) is 9.78 Å². The van der Waals surface area contributed by atoms with Crippen LogP contribution in [0.25, 0.3) is 10.9 Å². The van der Waals surface area contributed by atoms with Crippen LogP contribution in [0.5, 0.6) is 0 Å². The molecule has 5 heteroatoms. The van der Waals surface area contributed by atoms with Gasteiger partial charge in [-0.3, -0.25) is 4.79 Å². The van der Waals surface area contributed by atoms with Gasteiger partial charge < -0.3 is 0 Å². The van der Waals surface area contributed by atoms with Crippen molar-refractivity contribution < 1.29 is 4.79 Å². The van der Waals surface area contributed by atoms with Crippen molar-refractivity contribution in [2.24, 2.45) is 0 Å². The molecular formula is C10H9ClN2OS. The van der Waals surface area contributed by atoms with E-state index in [0.717, 1.165) is 16.7 Å². The smallest absolute Gasteiger partial charge is 0.259 e. The summed E-state index contributed by atoms with van der Waals surface area (Å²) in [6.45, 7) is 1.94. The van der Waals surface area contributed by atoms with Gasteiger partial charge in [-0.15, -0.1) is 0 Å². The lowest BCUT2D eigenvalue weighted by molar-refractivity contribution is 0.260. The molecule has 78 valence electrons. The molecule has 0 aliphatic carbocycles. The summed E-state index contributed by atoms with van der Waals surface area (Å²) in [7, 11) is 0. The minimum absolute atomic E-state index is 0.0603. The molecule has 15 heavy (non-hydrogen) atoms. The van der Waals surface area contributed by atoms with Gasteiger partial charge in [-0.05, 0) is 24.0 Å². The highest BCUT2D eigenvalue weighted by Gasteiger charge is 2.09. The first-order valence-corrected chi connectivity index (χ1v) is 5.89. The van der Waals surface area contributed by atoms with Gasteiger partial charge in [0.1, 0.15) is 0 Å². The Labute approximate surface area is 96.4 Å². The third-order valence-corrected chi connectivity index (χ3v) is 2.91. The monoisotopic (exact) mass is 240 g/mol. The fourth-order valence-corrected chi connectivity index (χ4v) is 2.03. The number of carbonyl (C=O) groups is 1. The van der Waals surface area contributed by atoms with Crippen LogP contribution in [0.4, 0.5) is 4.79 Å². The van der Waals surface area contributed by atoms with Crippen LogP contribution in [0, 0.1) is 0 Å². The van der Waals surface area contributed by atoms with Gasteiger partial charge >= 0.3 is 5.24 Å². The Hall–Kier alpha value is -1.00. The maximum atomic E-state index is 11.6. The van der Waals surface area contributed by atoms with E-state index in [-0.39, 0.29) is 5.24 Å². The number of hydrogen-bond donors (Lipinski definition) is 0. The highest BCUT2D eigenvalue weighted by molar-refractivity contribution is 8.13. The molecule has 0 spiro atoms. The number of carbonyl (C=O) groups excluding carboxylic acids is 1. The Morgan fingerprint density at radius 3 is 3.13 bits per heavy atom. The Morgan fingerprint density at radius 1 is 1.60 bits per heavy atom. The standard InChI is InChI=1S/C10H9ClN2OS/c1-2-15-10(14)13-9-4-3-8(11)5-7(9)6-12-13/h3-6H,2H2,1H3. The lowest BCUT2D eigenvalue weighted by Crippen LogP contribution is -2.06. The van der Waals surface area contributed by atoms with E-state index in [2.05, 4.69) is 5.10 Å². The molecule has 1 heterocycles. The number of thioether (sulfide) groups is 1. The van der Waals surface area contributed by atoms with Crippen LogP contribution < -0.4 is 0 Å². The summed E-state index contributed by atoms with van der Waals surface area (Å²) >= 11 is 7.08. The summed E-state index contributed by atoms with van der Waals surface area (Å²) in [4.78, 5) is 11.6. The highest BCUT2D eigenvalue weighted by atomic mass is 35.5. The van der Waals surface area contributed by atoms with E-state index in [0.29, 0.717) is 5.02 Å². The van der Waals surface area contributed by atoms with Gasteiger partial charge in [-0.25, -0.2) is 0 Å². The minimum atomic E-state index is -0.0603. The molecule has 0 aliphatic rings. The minimum Gasteiger partial charge on any atom is -0.259 e. The van der Waals surface area contributed by atoms with E-state index in [4.69, 9.17) is 11.6 Å². The number of fused-ring (bicyclic) bond motifs is 1. The van der Waals surface area contributed by atoms with Crippen molar-refractivity contribution in [3.8, 4) is 0 Å². The molecule has 0 amide bonds. The number of benzene rings is 1. The summed E-state index contributed by atoms with van der Waals surface area (Å²) in [5.74, 6) is 0.744. The molecule has 2 rings (SSSR count). The second kappa shape index (κ2) is 4.24. The second-order valence-electron chi connectivity index (χ2n) is 2.96. The maximum absolute atomic E-state index is 11.6. The zero-order chi connectivity index (χ0) is 10.8. The number of rotatable bonds is 1. The van der Waals surface area contributed by atoms with Gasteiger partial charge in [-0.1, -0.05) is 30.3 Å². The Bertz CT molecular complexity index is 509. The van der Waals surface area contributed by atoms with Gasteiger partial charge in [0.15, 0.2) is 0 Å². The second-order valence-corrected chi connectivity index (χ2v) is 4.61. The number of nitrogens with zero attached hydrogens (tertiary/aromatic N) is 2. The first kappa shape index (κ1) is 10.5. The van der Waals surface area contributed by atoms with Crippen molar-refractivity contribution in [1.29, 1.82) is 0 Å². The lowest BCUT2D eigenvalue weighted by atomic mass is 10.3. The van der Waals surface area contributed by atoms with Gasteiger partial charge in [0.05, 0.1) is 11.7 Å². The van der Waals surface area contributed by atoms with Crippen LogP contribution in [0.1, 0.15) is 6.92 Å². The molecule has 2 aromatic rings. The van der Waals surface area contributed by atoms with Crippen molar-refractivity contribution in [1.82, 2.24) is 9.78 Å². The summed E-state index contributed by atoms with van der Waals surface area (Å²) in [5.41, 5.74) is 0.797. The molecule has 0 unspecified atom stereocenters. The average Bonchev–Trinajstić information content (AvgIpc) is 2.60. The van der Waals surface area contributed by atoms with E-state index in [1.807, 2.05) is 6.92 Å². The molecule has 3 nitrogen and oxygen atoms in total. The number of aromatic nitrogens is 2. The molecule has 0 saturated carbocycles. The maximum Gasteiger partial charge on any atom is 0.306 e. The molecule has 0 radical (unpaired) electrons. The molecular weight excluding hydrogens is 232 g/mol. The van der Waals surface area contributed by atoms with Crippen molar-refractivity contribution in [3.05, 3.63) is 29.4 Å². The third kappa shape index (κ3) is 2.01. The van der Waals surface area contributed by atoms with E-state index in [9.17, 15) is 4.79 Å². The molecule has 0 N–H and O–H groups in total. The fourth-order valence-electron chi connectivity index (χ4n) is 1.33. The van der Waals surface area contributed by atoms with Gasteiger partial charge in [0, 0.05) is 10.4 Å². The highest BCUT2D eigenvalue weighted by Crippen LogP contribution is 2.20. The van der Waals surface area contributed by atoms with Crippen molar-refractivity contribution in [2.75, 3.05) is 5.75 Å². The first-order valence-electron chi connectivity index (χ1n) is 4.53. The molecule has 0 bridgehead atoms. The normalized spacial score (nSPS) is 10.8. The summed E-state index contributed by atoms with van der Waals surface area (Å²) in [6, 6.07) is 5.36. The largest absolute Gasteiger partial charge is 0.306 e. The van der Waals surface area contributed by atoms with Crippen LogP contribution in [0.3, 0.4) is 0 Å². The number of halogens is 1. The summed E-state index contributed by atoms with van der Waals surface area (Å²) in [5, 5.41) is 5.51. The van der Waals surface area contributed by atoms with Crippen LogP contribution in [0.2, 0.25) is 5.02 Å². The van der Waals surface area contributed by atoms with E-state index >= 15 is 0 Å². The van der Waals surface area contributed by atoms with Crippen molar-refractivity contribution in [3.63, 3.8) is 0 Å². The predicted molar refractivity (Wildman–Crippen MR) is 63.7 cm³/mol. The van der Waals surface area contributed by atoms with Crippen LogP contribution >= 0.6 is 23.4 Å².